The van der Waals surface area contributed by atoms with Crippen molar-refractivity contribution in [3.8, 4) is 0 Å². The van der Waals surface area contributed by atoms with Crippen LogP contribution in [0.2, 0.25) is 0 Å². The van der Waals surface area contributed by atoms with Crippen molar-refractivity contribution in [1.82, 2.24) is 0 Å². The molecule has 0 heterocycles. The predicted molar refractivity (Wildman–Crippen MR) is 67.3 cm³/mol. The molecule has 2 rings (SSSR count). The molecule has 0 saturated heterocycles. The second-order valence-electron chi connectivity index (χ2n) is 3.17. The molecular formula is C10H10N2S2. The van der Waals surface area contributed by atoms with Crippen LogP contribution in [0.5, 0.6) is 0 Å². The molecule has 0 radical (unpaired) electrons. The molecule has 2 aromatic carbocycles. The third-order valence-corrected chi connectivity index (χ3v) is 2.91. The molecule has 0 aliphatic rings. The Labute approximate surface area is 93.1 Å². The van der Waals surface area contributed by atoms with E-state index >= 15 is 0 Å². The van der Waals surface area contributed by atoms with Gasteiger partial charge < -0.3 is 11.5 Å². The number of nitrogen functional groups attached to an aromatic ring is 2. The highest BCUT2D eigenvalue weighted by Crippen LogP contribution is 2.29. The Hall–Kier alpha value is -1.00. The van der Waals surface area contributed by atoms with Gasteiger partial charge in [0.2, 0.25) is 0 Å². The molecule has 0 bridgehead atoms. The summed E-state index contributed by atoms with van der Waals surface area (Å²) in [6.07, 6.45) is 0. The van der Waals surface area contributed by atoms with E-state index < -0.39 is 0 Å². The largest absolute Gasteiger partial charge is 0.398 e. The van der Waals surface area contributed by atoms with Gasteiger partial charge in [-0.15, -0.1) is 25.3 Å². The summed E-state index contributed by atoms with van der Waals surface area (Å²) in [5.74, 6) is 0. The summed E-state index contributed by atoms with van der Waals surface area (Å²) in [7, 11) is 0. The first-order valence-electron chi connectivity index (χ1n) is 4.08. The first-order chi connectivity index (χ1) is 6.58. The Morgan fingerprint density at radius 2 is 1.07 bits per heavy atom. The van der Waals surface area contributed by atoms with E-state index in [2.05, 4.69) is 25.3 Å². The normalized spacial score (nSPS) is 10.7. The standard InChI is InChI=1S/C10H10N2S2/c11-7-1-5-2-8(12)10(14)4-6(5)3-9(7)13/h1-4,13-14H,11-12H2. The van der Waals surface area contributed by atoms with Crippen LogP contribution in [0.1, 0.15) is 0 Å². The summed E-state index contributed by atoms with van der Waals surface area (Å²) in [5, 5.41) is 2.05. The van der Waals surface area contributed by atoms with Gasteiger partial charge in [-0.2, -0.15) is 0 Å². The molecular weight excluding hydrogens is 212 g/mol. The van der Waals surface area contributed by atoms with E-state index in [0.717, 1.165) is 20.6 Å². The third kappa shape index (κ3) is 1.51. The highest BCUT2D eigenvalue weighted by molar-refractivity contribution is 7.80. The highest BCUT2D eigenvalue weighted by atomic mass is 32.1. The van der Waals surface area contributed by atoms with Crippen molar-refractivity contribution >= 4 is 47.4 Å². The quantitative estimate of drug-likeness (QED) is 0.409. The zero-order valence-electron chi connectivity index (χ0n) is 7.36. The number of hydrogen-bond acceptors (Lipinski definition) is 4. The summed E-state index contributed by atoms with van der Waals surface area (Å²) in [6.45, 7) is 0. The zero-order chi connectivity index (χ0) is 10.3. The van der Waals surface area contributed by atoms with Gasteiger partial charge in [0.05, 0.1) is 0 Å². The molecule has 72 valence electrons. The summed E-state index contributed by atoms with van der Waals surface area (Å²) in [4.78, 5) is 1.55. The van der Waals surface area contributed by atoms with Gasteiger partial charge in [-0.3, -0.25) is 0 Å². The lowest BCUT2D eigenvalue weighted by Gasteiger charge is -2.06. The van der Waals surface area contributed by atoms with Crippen molar-refractivity contribution < 1.29 is 0 Å². The van der Waals surface area contributed by atoms with Gasteiger partial charge in [0, 0.05) is 21.2 Å². The van der Waals surface area contributed by atoms with Gasteiger partial charge in [0.1, 0.15) is 0 Å². The van der Waals surface area contributed by atoms with Gasteiger partial charge in [-0.1, -0.05) is 0 Å². The Kier molecular flexibility index (Phi) is 2.25. The van der Waals surface area contributed by atoms with Crippen LogP contribution in [-0.4, -0.2) is 0 Å². The highest BCUT2D eigenvalue weighted by Gasteiger charge is 2.02. The Morgan fingerprint density at radius 1 is 0.714 bits per heavy atom. The van der Waals surface area contributed by atoms with Crippen molar-refractivity contribution in [2.45, 2.75) is 9.79 Å². The minimum atomic E-state index is 0.659. The molecule has 0 spiro atoms. The van der Waals surface area contributed by atoms with Gasteiger partial charge in [-0.25, -0.2) is 0 Å². The fourth-order valence-electron chi connectivity index (χ4n) is 1.36. The third-order valence-electron chi connectivity index (χ3n) is 2.13. The monoisotopic (exact) mass is 222 g/mol. The van der Waals surface area contributed by atoms with Crippen LogP contribution in [0.4, 0.5) is 11.4 Å². The van der Waals surface area contributed by atoms with Gasteiger partial charge in [0.15, 0.2) is 0 Å². The first kappa shape index (κ1) is 9.55. The maximum atomic E-state index is 5.74. The van der Waals surface area contributed by atoms with Crippen LogP contribution < -0.4 is 11.5 Å². The van der Waals surface area contributed by atoms with E-state index in [9.17, 15) is 0 Å². The van der Waals surface area contributed by atoms with Gasteiger partial charge >= 0.3 is 0 Å². The SMILES string of the molecule is Nc1cc2cc(N)c(S)cc2cc1S. The van der Waals surface area contributed by atoms with Gasteiger partial charge in [0.25, 0.3) is 0 Å². The molecule has 4 heteroatoms. The van der Waals surface area contributed by atoms with E-state index in [1.807, 2.05) is 24.3 Å². The molecule has 2 nitrogen and oxygen atoms in total. The van der Waals surface area contributed by atoms with Crippen LogP contribution in [0.25, 0.3) is 10.8 Å². The van der Waals surface area contributed by atoms with Crippen LogP contribution in [0.3, 0.4) is 0 Å². The van der Waals surface area contributed by atoms with E-state index in [1.54, 1.807) is 0 Å². The number of thiol groups is 2. The molecule has 14 heavy (non-hydrogen) atoms. The first-order valence-corrected chi connectivity index (χ1v) is 4.98. The van der Waals surface area contributed by atoms with Crippen molar-refractivity contribution in [2.75, 3.05) is 11.5 Å². The molecule has 0 atom stereocenters. The second-order valence-corrected chi connectivity index (χ2v) is 4.13. The molecule has 0 fully saturated rings. The lowest BCUT2D eigenvalue weighted by Crippen LogP contribution is -1.90. The molecule has 2 aromatic rings. The Bertz CT molecular complexity index is 420. The summed E-state index contributed by atoms with van der Waals surface area (Å²) >= 11 is 8.51. The van der Waals surface area contributed by atoms with Crippen molar-refractivity contribution in [3.63, 3.8) is 0 Å². The Balaban J connectivity index is 2.83. The molecule has 0 aromatic heterocycles. The fraction of sp³-hybridized carbons (Fsp3) is 0. The lowest BCUT2D eigenvalue weighted by molar-refractivity contribution is 1.47. The Morgan fingerprint density at radius 3 is 1.50 bits per heavy atom. The number of fused-ring (bicyclic) bond motifs is 1. The number of anilines is 2. The van der Waals surface area contributed by atoms with Crippen molar-refractivity contribution in [3.05, 3.63) is 24.3 Å². The molecule has 0 amide bonds. The summed E-state index contributed by atoms with van der Waals surface area (Å²) in [6, 6.07) is 7.54. The van der Waals surface area contributed by atoms with Crippen LogP contribution in [0.15, 0.2) is 34.1 Å². The number of hydrogen-bond donors (Lipinski definition) is 4. The van der Waals surface area contributed by atoms with Crippen LogP contribution in [-0.2, 0) is 0 Å². The zero-order valence-corrected chi connectivity index (χ0v) is 9.15. The van der Waals surface area contributed by atoms with E-state index in [1.165, 1.54) is 0 Å². The minimum Gasteiger partial charge on any atom is -0.398 e. The van der Waals surface area contributed by atoms with E-state index in [0.29, 0.717) is 11.4 Å². The van der Waals surface area contributed by atoms with Crippen molar-refractivity contribution in [1.29, 1.82) is 0 Å². The minimum absolute atomic E-state index is 0.659. The average molecular weight is 222 g/mol. The molecule has 0 aliphatic heterocycles. The maximum absolute atomic E-state index is 5.74. The summed E-state index contributed by atoms with van der Waals surface area (Å²) in [5.41, 5.74) is 12.8. The molecule has 0 unspecified atom stereocenters. The van der Waals surface area contributed by atoms with Gasteiger partial charge in [-0.05, 0) is 35.0 Å². The topological polar surface area (TPSA) is 52.0 Å². The van der Waals surface area contributed by atoms with Crippen molar-refractivity contribution in [2.24, 2.45) is 0 Å². The summed E-state index contributed by atoms with van der Waals surface area (Å²) < 4.78 is 0. The van der Waals surface area contributed by atoms with E-state index in [4.69, 9.17) is 11.5 Å². The van der Waals surface area contributed by atoms with E-state index in [-0.39, 0.29) is 0 Å². The number of benzene rings is 2. The molecule has 0 aliphatic carbocycles. The van der Waals surface area contributed by atoms with Crippen LogP contribution in [0, 0.1) is 0 Å². The predicted octanol–water partition coefficient (Wildman–Crippen LogP) is 2.58. The smallest absolute Gasteiger partial charge is 0.0456 e. The fourth-order valence-corrected chi connectivity index (χ4v) is 1.77. The number of rotatable bonds is 0. The lowest BCUT2D eigenvalue weighted by atomic mass is 10.1. The molecule has 4 N–H and O–H groups in total. The number of nitrogens with two attached hydrogens (primary N) is 2. The van der Waals surface area contributed by atoms with Crippen LogP contribution >= 0.6 is 25.3 Å². The maximum Gasteiger partial charge on any atom is 0.0456 e. The average Bonchev–Trinajstić information content (AvgIpc) is 2.11. The molecule has 0 saturated carbocycles. The second kappa shape index (κ2) is 3.29.